The summed E-state index contributed by atoms with van der Waals surface area (Å²) >= 11 is 1.65. The van der Waals surface area contributed by atoms with Crippen LogP contribution in [0.1, 0.15) is 17.4 Å². The van der Waals surface area contributed by atoms with Crippen LogP contribution in [0, 0.1) is 0 Å². The van der Waals surface area contributed by atoms with Crippen LogP contribution in [0.4, 0.5) is 0 Å². The largest absolute Gasteiger partial charge is 0.464 e. The Balaban J connectivity index is 2.42. The predicted molar refractivity (Wildman–Crippen MR) is 62.8 cm³/mol. The van der Waals surface area contributed by atoms with Crippen molar-refractivity contribution in [1.82, 2.24) is 4.98 Å². The number of ether oxygens (including phenoxy) is 2. The lowest BCUT2D eigenvalue weighted by molar-refractivity contribution is 0.0594. The molecule has 0 aliphatic heterocycles. The van der Waals surface area contributed by atoms with E-state index in [-0.39, 0.29) is 0 Å². The highest BCUT2D eigenvalue weighted by Crippen LogP contribution is 2.16. The van der Waals surface area contributed by atoms with Crippen molar-refractivity contribution in [3.8, 4) is 0 Å². The molecular formula is C11H15NO3S. The van der Waals surface area contributed by atoms with Crippen LogP contribution in [0.15, 0.2) is 23.2 Å². The number of hydrogen-bond donors (Lipinski definition) is 0. The molecule has 4 nitrogen and oxygen atoms in total. The van der Waals surface area contributed by atoms with Crippen molar-refractivity contribution < 1.29 is 14.3 Å². The number of carbonyl (C=O) groups is 1. The molecular weight excluding hydrogens is 226 g/mol. The molecule has 0 aliphatic rings. The van der Waals surface area contributed by atoms with Crippen LogP contribution in [-0.4, -0.2) is 37.0 Å². The van der Waals surface area contributed by atoms with E-state index in [4.69, 9.17) is 4.74 Å². The number of aromatic nitrogens is 1. The Morgan fingerprint density at radius 1 is 1.50 bits per heavy atom. The van der Waals surface area contributed by atoms with Crippen LogP contribution in [-0.2, 0) is 9.47 Å². The second-order valence-corrected chi connectivity index (χ2v) is 4.08. The van der Waals surface area contributed by atoms with Gasteiger partial charge in [-0.2, -0.15) is 0 Å². The second-order valence-electron chi connectivity index (χ2n) is 2.92. The monoisotopic (exact) mass is 241 g/mol. The smallest absolute Gasteiger partial charge is 0.356 e. The van der Waals surface area contributed by atoms with E-state index in [9.17, 15) is 4.79 Å². The highest BCUT2D eigenvalue weighted by atomic mass is 32.2. The highest BCUT2D eigenvalue weighted by Gasteiger charge is 2.05. The third kappa shape index (κ3) is 4.20. The highest BCUT2D eigenvalue weighted by molar-refractivity contribution is 7.99. The van der Waals surface area contributed by atoms with Gasteiger partial charge in [-0.3, -0.25) is 0 Å². The number of esters is 1. The Morgan fingerprint density at radius 2 is 2.31 bits per heavy atom. The number of methoxy groups -OCH3 is 1. The molecule has 0 aliphatic carbocycles. The molecule has 0 fully saturated rings. The molecule has 0 saturated heterocycles. The van der Waals surface area contributed by atoms with E-state index in [2.05, 4.69) is 9.72 Å². The van der Waals surface area contributed by atoms with Gasteiger partial charge in [0.25, 0.3) is 0 Å². The van der Waals surface area contributed by atoms with E-state index in [0.29, 0.717) is 5.69 Å². The minimum atomic E-state index is -0.411. The third-order valence-corrected chi connectivity index (χ3v) is 2.78. The molecule has 1 aromatic rings. The van der Waals surface area contributed by atoms with E-state index in [1.165, 1.54) is 7.11 Å². The summed E-state index contributed by atoms with van der Waals surface area (Å²) in [6.45, 7) is 3.43. The van der Waals surface area contributed by atoms with Gasteiger partial charge in [-0.15, -0.1) is 11.8 Å². The summed E-state index contributed by atoms with van der Waals surface area (Å²) in [7, 11) is 1.34. The molecule has 0 amide bonds. The fourth-order valence-electron chi connectivity index (χ4n) is 1.05. The van der Waals surface area contributed by atoms with E-state index >= 15 is 0 Å². The summed E-state index contributed by atoms with van der Waals surface area (Å²) in [6, 6.07) is 3.52. The first-order valence-corrected chi connectivity index (χ1v) is 6.01. The SMILES string of the molecule is CCOCCSc1ccc(C(=O)OC)nc1. The van der Waals surface area contributed by atoms with Gasteiger partial charge in [-0.05, 0) is 19.1 Å². The average Bonchev–Trinajstić information content (AvgIpc) is 2.34. The number of pyridine rings is 1. The van der Waals surface area contributed by atoms with Gasteiger partial charge in [0.05, 0.1) is 13.7 Å². The van der Waals surface area contributed by atoms with Gasteiger partial charge in [-0.1, -0.05) is 0 Å². The maximum Gasteiger partial charge on any atom is 0.356 e. The fraction of sp³-hybridized carbons (Fsp3) is 0.455. The molecule has 1 rings (SSSR count). The normalized spacial score (nSPS) is 10.1. The molecule has 88 valence electrons. The van der Waals surface area contributed by atoms with Crippen LogP contribution >= 0.6 is 11.8 Å². The van der Waals surface area contributed by atoms with E-state index in [1.54, 1.807) is 24.0 Å². The lowest BCUT2D eigenvalue weighted by Crippen LogP contribution is -2.03. The molecule has 0 bridgehead atoms. The third-order valence-electron chi connectivity index (χ3n) is 1.83. The van der Waals surface area contributed by atoms with Crippen molar-refractivity contribution in [2.75, 3.05) is 26.1 Å². The summed E-state index contributed by atoms with van der Waals surface area (Å²) in [5.41, 5.74) is 0.330. The quantitative estimate of drug-likeness (QED) is 0.433. The summed E-state index contributed by atoms with van der Waals surface area (Å²) in [6.07, 6.45) is 1.67. The molecule has 0 saturated carbocycles. The molecule has 0 N–H and O–H groups in total. The van der Waals surface area contributed by atoms with Crippen molar-refractivity contribution in [2.24, 2.45) is 0 Å². The topological polar surface area (TPSA) is 48.4 Å². The summed E-state index contributed by atoms with van der Waals surface area (Å²) in [4.78, 5) is 16.1. The standard InChI is InChI=1S/C11H15NO3S/c1-3-15-6-7-16-9-4-5-10(12-8-9)11(13)14-2/h4-5,8H,3,6-7H2,1-2H3. The Labute approximate surface area is 99.4 Å². The Bertz CT molecular complexity index is 327. The zero-order chi connectivity index (χ0) is 11.8. The average molecular weight is 241 g/mol. The van der Waals surface area contributed by atoms with Crippen LogP contribution in [0.3, 0.4) is 0 Å². The Morgan fingerprint density at radius 3 is 2.88 bits per heavy atom. The van der Waals surface area contributed by atoms with Gasteiger partial charge < -0.3 is 9.47 Å². The van der Waals surface area contributed by atoms with Crippen molar-refractivity contribution in [3.05, 3.63) is 24.0 Å². The number of hydrogen-bond acceptors (Lipinski definition) is 5. The van der Waals surface area contributed by atoms with Gasteiger partial charge in [0, 0.05) is 23.5 Å². The molecule has 0 atom stereocenters. The molecule has 0 aromatic carbocycles. The molecule has 16 heavy (non-hydrogen) atoms. The van der Waals surface area contributed by atoms with Crippen LogP contribution in [0.2, 0.25) is 0 Å². The van der Waals surface area contributed by atoms with Gasteiger partial charge in [0.15, 0.2) is 0 Å². The summed E-state index contributed by atoms with van der Waals surface area (Å²) in [5.74, 6) is 0.471. The first-order valence-electron chi connectivity index (χ1n) is 5.02. The minimum Gasteiger partial charge on any atom is -0.464 e. The van der Waals surface area contributed by atoms with Crippen molar-refractivity contribution >= 4 is 17.7 Å². The minimum absolute atomic E-state index is 0.330. The zero-order valence-electron chi connectivity index (χ0n) is 9.43. The van der Waals surface area contributed by atoms with Gasteiger partial charge in [0.2, 0.25) is 0 Å². The lowest BCUT2D eigenvalue weighted by Gasteiger charge is -2.02. The van der Waals surface area contributed by atoms with E-state index in [1.807, 2.05) is 13.0 Å². The molecule has 0 spiro atoms. The maximum absolute atomic E-state index is 11.1. The lowest BCUT2D eigenvalue weighted by atomic mass is 10.3. The van der Waals surface area contributed by atoms with E-state index in [0.717, 1.165) is 23.9 Å². The van der Waals surface area contributed by atoms with Crippen LogP contribution in [0.5, 0.6) is 0 Å². The molecule has 0 radical (unpaired) electrons. The first kappa shape index (κ1) is 13.0. The number of nitrogens with zero attached hydrogens (tertiary/aromatic N) is 1. The number of carbonyl (C=O) groups excluding carboxylic acids is 1. The van der Waals surface area contributed by atoms with Gasteiger partial charge in [0.1, 0.15) is 5.69 Å². The van der Waals surface area contributed by atoms with Crippen LogP contribution < -0.4 is 0 Å². The van der Waals surface area contributed by atoms with E-state index < -0.39 is 5.97 Å². The Kier molecular flexibility index (Phi) is 5.88. The first-order chi connectivity index (χ1) is 7.77. The van der Waals surface area contributed by atoms with Crippen LogP contribution in [0.25, 0.3) is 0 Å². The van der Waals surface area contributed by atoms with Gasteiger partial charge in [-0.25, -0.2) is 9.78 Å². The molecule has 1 heterocycles. The second kappa shape index (κ2) is 7.24. The van der Waals surface area contributed by atoms with Crippen molar-refractivity contribution in [1.29, 1.82) is 0 Å². The number of rotatable bonds is 6. The van der Waals surface area contributed by atoms with Crippen molar-refractivity contribution in [3.63, 3.8) is 0 Å². The Hall–Kier alpha value is -1.07. The predicted octanol–water partition coefficient (Wildman–Crippen LogP) is 2.00. The number of thioether (sulfide) groups is 1. The molecule has 0 unspecified atom stereocenters. The maximum atomic E-state index is 11.1. The molecule has 1 aromatic heterocycles. The zero-order valence-corrected chi connectivity index (χ0v) is 10.3. The summed E-state index contributed by atoms with van der Waals surface area (Å²) in [5, 5.41) is 0. The fourth-order valence-corrected chi connectivity index (χ4v) is 1.78. The van der Waals surface area contributed by atoms with Crippen molar-refractivity contribution in [2.45, 2.75) is 11.8 Å². The molecule has 5 heteroatoms. The summed E-state index contributed by atoms with van der Waals surface area (Å²) < 4.78 is 9.78. The van der Waals surface area contributed by atoms with Gasteiger partial charge >= 0.3 is 5.97 Å².